The average molecular weight is 534 g/mol. The summed E-state index contributed by atoms with van der Waals surface area (Å²) in [5.41, 5.74) is 5.30. The molecule has 2 fully saturated rings. The average Bonchev–Trinajstić information content (AvgIpc) is 3.44. The predicted molar refractivity (Wildman–Crippen MR) is 142 cm³/mol. The molecule has 2 aliphatic rings. The number of fused-ring (bicyclic) bond motifs is 1. The van der Waals surface area contributed by atoms with Gasteiger partial charge in [-0.05, 0) is 19.3 Å². The Kier molecular flexibility index (Phi) is 20.3. The van der Waals surface area contributed by atoms with E-state index in [0.29, 0.717) is 84.2 Å². The molecule has 2 heterocycles. The first-order chi connectivity index (χ1) is 17.6. The third-order valence-electron chi connectivity index (χ3n) is 5.45. The maximum atomic E-state index is 11.7. The van der Waals surface area contributed by atoms with Gasteiger partial charge in [0.05, 0.1) is 51.7 Å². The molecule has 0 spiro atoms. The van der Waals surface area contributed by atoms with E-state index in [1.54, 1.807) is 0 Å². The van der Waals surface area contributed by atoms with Crippen molar-refractivity contribution < 1.29 is 28.6 Å². The van der Waals surface area contributed by atoms with Crippen LogP contribution < -0.4 is 27.0 Å². The highest BCUT2D eigenvalue weighted by Crippen LogP contribution is 2.20. The second kappa shape index (κ2) is 22.6. The van der Waals surface area contributed by atoms with Crippen LogP contribution in [0.3, 0.4) is 0 Å². The Hall–Kier alpha value is -1.60. The van der Waals surface area contributed by atoms with Gasteiger partial charge in [0.1, 0.15) is 0 Å². The van der Waals surface area contributed by atoms with Gasteiger partial charge in [0.2, 0.25) is 11.8 Å². The molecule has 11 nitrogen and oxygen atoms in total. The Morgan fingerprint density at radius 3 is 2.00 bits per heavy atom. The topological polar surface area (TPSA) is 153 Å². The van der Waals surface area contributed by atoms with Crippen LogP contribution in [0.25, 0.3) is 0 Å². The number of hydrogen-bond acceptors (Lipinski definition) is 8. The number of carbonyl (C=O) groups is 3. The van der Waals surface area contributed by atoms with Gasteiger partial charge < -0.3 is 41.2 Å². The molecule has 2 aliphatic heterocycles. The summed E-state index contributed by atoms with van der Waals surface area (Å²) >= 11 is 1.89. The van der Waals surface area contributed by atoms with E-state index in [2.05, 4.69) is 28.2 Å². The molecular formula is C24H47N5O6S. The van der Waals surface area contributed by atoms with E-state index in [9.17, 15) is 14.4 Å². The lowest BCUT2D eigenvalue weighted by Gasteiger charge is -2.08. The molecular weight excluding hydrogens is 486 g/mol. The molecule has 36 heavy (non-hydrogen) atoms. The summed E-state index contributed by atoms with van der Waals surface area (Å²) in [6, 6.07) is 0.815. The minimum Gasteiger partial charge on any atom is -0.378 e. The standard InChI is InChI=1S/C19H39N3O5.C5H8N2OS/c1-2-3-7-18(23)21-10-6-4-5-8-19(24)22-11-13-26-15-17-27-16-14-25-12-9-20;8-5-6-3-1-9-2-4(3)7-5/h2-17,20H2,1H3,(H,21,23)(H,22,24);3-4H,1-2H2,(H2,6,7,8). The molecule has 0 saturated carbocycles. The number of nitrogens with one attached hydrogen (secondary N) is 4. The molecule has 0 bridgehead atoms. The van der Waals surface area contributed by atoms with Gasteiger partial charge in [-0.2, -0.15) is 11.8 Å². The van der Waals surface area contributed by atoms with Crippen LogP contribution in [0.1, 0.15) is 51.9 Å². The van der Waals surface area contributed by atoms with Crippen LogP contribution in [0.5, 0.6) is 0 Å². The second-order valence-electron chi connectivity index (χ2n) is 8.61. The monoisotopic (exact) mass is 533 g/mol. The molecule has 2 atom stereocenters. The minimum atomic E-state index is 0.00491. The third-order valence-corrected chi connectivity index (χ3v) is 6.64. The van der Waals surface area contributed by atoms with Crippen molar-refractivity contribution in [1.29, 1.82) is 0 Å². The van der Waals surface area contributed by atoms with Crippen molar-refractivity contribution in [2.75, 3.05) is 70.8 Å². The highest BCUT2D eigenvalue weighted by atomic mass is 32.2. The predicted octanol–water partition coefficient (Wildman–Crippen LogP) is 0.761. The van der Waals surface area contributed by atoms with Crippen LogP contribution in [0.2, 0.25) is 0 Å². The maximum Gasteiger partial charge on any atom is 0.315 e. The lowest BCUT2D eigenvalue weighted by atomic mass is 10.2. The largest absolute Gasteiger partial charge is 0.378 e. The molecule has 2 unspecified atom stereocenters. The van der Waals surface area contributed by atoms with Gasteiger partial charge in [-0.3, -0.25) is 9.59 Å². The zero-order valence-electron chi connectivity index (χ0n) is 21.8. The molecule has 0 aliphatic carbocycles. The Morgan fingerprint density at radius 2 is 1.39 bits per heavy atom. The number of nitrogens with two attached hydrogens (primary N) is 1. The number of rotatable bonds is 20. The summed E-state index contributed by atoms with van der Waals surface area (Å²) < 4.78 is 15.9. The number of unbranched alkanes of at least 4 members (excludes halogenated alkanes) is 3. The summed E-state index contributed by atoms with van der Waals surface area (Å²) in [7, 11) is 0. The van der Waals surface area contributed by atoms with Crippen molar-refractivity contribution in [3.8, 4) is 0 Å². The first-order valence-electron chi connectivity index (χ1n) is 13.2. The van der Waals surface area contributed by atoms with E-state index >= 15 is 0 Å². The number of thioether (sulfide) groups is 1. The maximum absolute atomic E-state index is 11.7. The zero-order valence-corrected chi connectivity index (χ0v) is 22.6. The Balaban J connectivity index is 0.000000587. The van der Waals surface area contributed by atoms with E-state index < -0.39 is 0 Å². The van der Waals surface area contributed by atoms with Crippen LogP contribution >= 0.6 is 11.8 Å². The number of amides is 4. The molecule has 210 valence electrons. The summed E-state index contributed by atoms with van der Waals surface area (Å²) in [6.07, 6.45) is 5.76. The Labute approximate surface area is 220 Å². The first kappa shape index (κ1) is 32.4. The van der Waals surface area contributed by atoms with E-state index in [0.717, 1.165) is 43.6 Å². The zero-order chi connectivity index (χ0) is 26.3. The highest BCUT2D eigenvalue weighted by Gasteiger charge is 2.35. The SMILES string of the molecule is CCCCC(=O)NCCCCCC(=O)NCCOCCOCCOCCN.O=C1NC2CSCC2N1. The van der Waals surface area contributed by atoms with Crippen molar-refractivity contribution in [3.63, 3.8) is 0 Å². The molecule has 6 N–H and O–H groups in total. The molecule has 2 rings (SSSR count). The molecule has 0 radical (unpaired) electrons. The molecule has 0 aromatic rings. The van der Waals surface area contributed by atoms with Gasteiger partial charge in [-0.1, -0.05) is 19.8 Å². The van der Waals surface area contributed by atoms with Gasteiger partial charge >= 0.3 is 6.03 Å². The van der Waals surface area contributed by atoms with Crippen molar-refractivity contribution in [2.45, 2.75) is 64.0 Å². The van der Waals surface area contributed by atoms with E-state index in [1.807, 2.05) is 11.8 Å². The summed E-state index contributed by atoms with van der Waals surface area (Å²) in [6.45, 7) is 6.89. The lowest BCUT2D eigenvalue weighted by molar-refractivity contribution is -0.122. The highest BCUT2D eigenvalue weighted by molar-refractivity contribution is 7.99. The Bertz CT molecular complexity index is 587. The van der Waals surface area contributed by atoms with Crippen LogP contribution in [-0.4, -0.2) is 101 Å². The van der Waals surface area contributed by atoms with Crippen molar-refractivity contribution in [1.82, 2.24) is 21.3 Å². The number of ether oxygens (including phenoxy) is 3. The van der Waals surface area contributed by atoms with Crippen LogP contribution in [0.4, 0.5) is 4.79 Å². The van der Waals surface area contributed by atoms with E-state index in [4.69, 9.17) is 19.9 Å². The molecule has 12 heteroatoms. The van der Waals surface area contributed by atoms with Gasteiger partial charge in [-0.15, -0.1) is 0 Å². The fraction of sp³-hybridized carbons (Fsp3) is 0.875. The van der Waals surface area contributed by atoms with Crippen molar-refractivity contribution in [3.05, 3.63) is 0 Å². The molecule has 0 aromatic heterocycles. The summed E-state index contributed by atoms with van der Waals surface area (Å²) in [4.78, 5) is 33.7. The fourth-order valence-corrected chi connectivity index (χ4v) is 4.71. The van der Waals surface area contributed by atoms with Crippen LogP contribution in [0, 0.1) is 0 Å². The normalized spacial score (nSPS) is 18.0. The number of carbonyl (C=O) groups excluding carboxylic acids is 3. The van der Waals surface area contributed by atoms with E-state index in [-0.39, 0.29) is 17.8 Å². The van der Waals surface area contributed by atoms with Crippen LogP contribution in [0.15, 0.2) is 0 Å². The Morgan fingerprint density at radius 1 is 0.833 bits per heavy atom. The smallest absolute Gasteiger partial charge is 0.315 e. The number of hydrogen-bond donors (Lipinski definition) is 5. The van der Waals surface area contributed by atoms with Crippen molar-refractivity contribution >= 4 is 29.6 Å². The van der Waals surface area contributed by atoms with Crippen LogP contribution in [-0.2, 0) is 23.8 Å². The van der Waals surface area contributed by atoms with Gasteiger partial charge in [0.25, 0.3) is 0 Å². The summed E-state index contributed by atoms with van der Waals surface area (Å²) in [5, 5.41) is 11.4. The van der Waals surface area contributed by atoms with E-state index in [1.165, 1.54) is 0 Å². The molecule has 4 amide bonds. The fourth-order valence-electron chi connectivity index (χ4n) is 3.43. The van der Waals surface area contributed by atoms with Gasteiger partial charge in [0.15, 0.2) is 0 Å². The van der Waals surface area contributed by atoms with Crippen molar-refractivity contribution in [2.24, 2.45) is 5.73 Å². The quantitative estimate of drug-likeness (QED) is 0.114. The second-order valence-corrected chi connectivity index (χ2v) is 9.68. The van der Waals surface area contributed by atoms with Gasteiger partial charge in [0, 0.05) is 44.0 Å². The number of urea groups is 1. The first-order valence-corrected chi connectivity index (χ1v) is 14.3. The minimum absolute atomic E-state index is 0.00491. The molecule has 2 saturated heterocycles. The lowest BCUT2D eigenvalue weighted by Crippen LogP contribution is -2.31. The molecule has 0 aromatic carbocycles. The summed E-state index contributed by atoms with van der Waals surface area (Å²) in [5.74, 6) is 2.31. The van der Waals surface area contributed by atoms with Gasteiger partial charge in [-0.25, -0.2) is 4.79 Å². The third kappa shape index (κ3) is 17.8.